The van der Waals surface area contributed by atoms with Crippen LogP contribution >= 0.6 is 0 Å². The monoisotopic (exact) mass is 283 g/mol. The van der Waals surface area contributed by atoms with Gasteiger partial charge in [0, 0.05) is 32.4 Å². The first kappa shape index (κ1) is 16.9. The molecule has 0 radical (unpaired) electrons. The highest BCUT2D eigenvalue weighted by Gasteiger charge is 2.11. The van der Waals surface area contributed by atoms with Gasteiger partial charge in [0.15, 0.2) is 0 Å². The predicted octanol–water partition coefficient (Wildman–Crippen LogP) is 1.76. The molecule has 2 N–H and O–H groups in total. The molecular formula is C15H25NO4. The van der Waals surface area contributed by atoms with Crippen molar-refractivity contribution in [1.82, 2.24) is 0 Å². The fraction of sp³-hybridized carbons (Fsp3) is 0.600. The van der Waals surface area contributed by atoms with Gasteiger partial charge >= 0.3 is 0 Å². The zero-order valence-electron chi connectivity index (χ0n) is 12.3. The Labute approximate surface area is 121 Å². The fourth-order valence-corrected chi connectivity index (χ4v) is 1.76. The highest BCUT2D eigenvalue weighted by molar-refractivity contribution is 5.35. The topological polar surface area (TPSA) is 62.9 Å². The largest absolute Gasteiger partial charge is 0.491 e. The van der Waals surface area contributed by atoms with Crippen LogP contribution in [0.3, 0.4) is 0 Å². The predicted molar refractivity (Wildman–Crippen MR) is 78.1 cm³/mol. The van der Waals surface area contributed by atoms with Crippen molar-refractivity contribution in [3.05, 3.63) is 29.8 Å². The van der Waals surface area contributed by atoms with E-state index in [0.29, 0.717) is 33.0 Å². The highest BCUT2D eigenvalue weighted by Crippen LogP contribution is 2.25. The fourth-order valence-electron chi connectivity index (χ4n) is 1.76. The van der Waals surface area contributed by atoms with Crippen LogP contribution in [0.1, 0.15) is 18.0 Å². The summed E-state index contributed by atoms with van der Waals surface area (Å²) in [6.45, 7) is 2.88. The number of nitrogens with two attached hydrogens (primary N) is 1. The standard InChI is InChI=1S/C15H25NO4/c1-17-9-11-19-8-7-14(16)13-5-3-4-6-15(13)20-12-10-18-2/h3-6,14H,7-12,16H2,1-2H3. The molecule has 0 spiro atoms. The average Bonchev–Trinajstić information content (AvgIpc) is 2.47. The summed E-state index contributed by atoms with van der Waals surface area (Å²) >= 11 is 0. The zero-order valence-corrected chi connectivity index (χ0v) is 12.3. The second kappa shape index (κ2) is 10.6. The molecule has 1 rings (SSSR count). The van der Waals surface area contributed by atoms with E-state index in [1.807, 2.05) is 24.3 Å². The molecule has 1 unspecified atom stereocenters. The Morgan fingerprint density at radius 2 is 1.65 bits per heavy atom. The number of methoxy groups -OCH3 is 2. The van der Waals surface area contributed by atoms with E-state index in [9.17, 15) is 0 Å². The molecule has 1 aromatic rings. The molecule has 0 saturated heterocycles. The van der Waals surface area contributed by atoms with E-state index in [0.717, 1.165) is 17.7 Å². The second-order valence-electron chi connectivity index (χ2n) is 4.38. The second-order valence-corrected chi connectivity index (χ2v) is 4.38. The third-order valence-electron chi connectivity index (χ3n) is 2.87. The van der Waals surface area contributed by atoms with Gasteiger partial charge in [-0.05, 0) is 12.5 Å². The molecule has 0 aliphatic rings. The summed E-state index contributed by atoms with van der Waals surface area (Å²) in [4.78, 5) is 0. The van der Waals surface area contributed by atoms with Gasteiger partial charge in [0.05, 0.1) is 19.8 Å². The lowest BCUT2D eigenvalue weighted by Gasteiger charge is -2.17. The minimum Gasteiger partial charge on any atom is -0.491 e. The van der Waals surface area contributed by atoms with Gasteiger partial charge in [0.25, 0.3) is 0 Å². The first-order valence-corrected chi connectivity index (χ1v) is 6.82. The molecule has 5 heteroatoms. The van der Waals surface area contributed by atoms with Gasteiger partial charge in [-0.2, -0.15) is 0 Å². The summed E-state index contributed by atoms with van der Waals surface area (Å²) in [7, 11) is 3.31. The van der Waals surface area contributed by atoms with Gasteiger partial charge in [-0.1, -0.05) is 18.2 Å². The molecule has 0 fully saturated rings. The van der Waals surface area contributed by atoms with Crippen molar-refractivity contribution in [3.8, 4) is 5.75 Å². The van der Waals surface area contributed by atoms with Crippen molar-refractivity contribution in [3.63, 3.8) is 0 Å². The normalized spacial score (nSPS) is 12.3. The Morgan fingerprint density at radius 3 is 2.40 bits per heavy atom. The molecule has 0 amide bonds. The SMILES string of the molecule is COCCOCCC(N)c1ccccc1OCCOC. The first-order chi connectivity index (χ1) is 9.79. The molecule has 0 aliphatic carbocycles. The number of hydrogen-bond donors (Lipinski definition) is 1. The Hall–Kier alpha value is -1.14. The molecular weight excluding hydrogens is 258 g/mol. The van der Waals surface area contributed by atoms with Gasteiger partial charge in [0.1, 0.15) is 12.4 Å². The van der Waals surface area contributed by atoms with Crippen LogP contribution in [0.4, 0.5) is 0 Å². The number of para-hydroxylation sites is 1. The van der Waals surface area contributed by atoms with Crippen LogP contribution < -0.4 is 10.5 Å². The van der Waals surface area contributed by atoms with Crippen molar-refractivity contribution in [1.29, 1.82) is 0 Å². The maximum Gasteiger partial charge on any atom is 0.124 e. The summed E-state index contributed by atoms with van der Waals surface area (Å²) in [5.74, 6) is 0.814. The Kier molecular flexibility index (Phi) is 8.98. The van der Waals surface area contributed by atoms with Gasteiger partial charge < -0.3 is 24.7 Å². The van der Waals surface area contributed by atoms with E-state index in [2.05, 4.69) is 0 Å². The van der Waals surface area contributed by atoms with E-state index in [-0.39, 0.29) is 6.04 Å². The van der Waals surface area contributed by atoms with Gasteiger partial charge in [-0.3, -0.25) is 0 Å². The summed E-state index contributed by atoms with van der Waals surface area (Å²) in [6.07, 6.45) is 0.744. The molecule has 114 valence electrons. The lowest BCUT2D eigenvalue weighted by atomic mass is 10.0. The van der Waals surface area contributed by atoms with Crippen molar-refractivity contribution in [2.24, 2.45) is 5.73 Å². The van der Waals surface area contributed by atoms with E-state index in [1.54, 1.807) is 14.2 Å². The number of benzene rings is 1. The maximum absolute atomic E-state index is 6.19. The highest BCUT2D eigenvalue weighted by atomic mass is 16.5. The Balaban J connectivity index is 2.43. The lowest BCUT2D eigenvalue weighted by molar-refractivity contribution is 0.0670. The molecule has 5 nitrogen and oxygen atoms in total. The summed E-state index contributed by atoms with van der Waals surface area (Å²) in [5.41, 5.74) is 7.19. The van der Waals surface area contributed by atoms with E-state index in [4.69, 9.17) is 24.7 Å². The zero-order chi connectivity index (χ0) is 14.6. The van der Waals surface area contributed by atoms with Crippen LogP contribution in [-0.2, 0) is 14.2 Å². The summed E-state index contributed by atoms with van der Waals surface area (Å²) in [5, 5.41) is 0. The van der Waals surface area contributed by atoms with Crippen LogP contribution in [0.2, 0.25) is 0 Å². The van der Waals surface area contributed by atoms with Crippen LogP contribution in [0.15, 0.2) is 24.3 Å². The van der Waals surface area contributed by atoms with Gasteiger partial charge in [-0.25, -0.2) is 0 Å². The molecule has 1 aromatic carbocycles. The van der Waals surface area contributed by atoms with E-state index < -0.39 is 0 Å². The first-order valence-electron chi connectivity index (χ1n) is 6.82. The average molecular weight is 283 g/mol. The van der Waals surface area contributed by atoms with Crippen LogP contribution in [-0.4, -0.2) is 47.3 Å². The maximum atomic E-state index is 6.19. The third-order valence-corrected chi connectivity index (χ3v) is 2.87. The quantitative estimate of drug-likeness (QED) is 0.627. The number of hydrogen-bond acceptors (Lipinski definition) is 5. The molecule has 0 saturated carbocycles. The van der Waals surface area contributed by atoms with Crippen molar-refractivity contribution in [2.75, 3.05) is 47.3 Å². The van der Waals surface area contributed by atoms with Crippen LogP contribution in [0, 0.1) is 0 Å². The number of ether oxygens (including phenoxy) is 4. The van der Waals surface area contributed by atoms with Gasteiger partial charge in [0.2, 0.25) is 0 Å². The summed E-state index contributed by atoms with van der Waals surface area (Å²) < 4.78 is 21.0. The Bertz CT molecular complexity index is 359. The number of rotatable bonds is 11. The third kappa shape index (κ3) is 6.34. The molecule has 1 atom stereocenters. The molecule has 20 heavy (non-hydrogen) atoms. The smallest absolute Gasteiger partial charge is 0.124 e. The van der Waals surface area contributed by atoms with Crippen molar-refractivity contribution < 1.29 is 18.9 Å². The van der Waals surface area contributed by atoms with E-state index >= 15 is 0 Å². The molecule has 0 bridgehead atoms. The summed E-state index contributed by atoms with van der Waals surface area (Å²) in [6, 6.07) is 7.72. The van der Waals surface area contributed by atoms with Crippen molar-refractivity contribution >= 4 is 0 Å². The molecule has 0 aliphatic heterocycles. The van der Waals surface area contributed by atoms with Crippen LogP contribution in [0.25, 0.3) is 0 Å². The van der Waals surface area contributed by atoms with E-state index in [1.165, 1.54) is 0 Å². The lowest BCUT2D eigenvalue weighted by Crippen LogP contribution is -2.16. The minimum atomic E-state index is -0.101. The van der Waals surface area contributed by atoms with Crippen LogP contribution in [0.5, 0.6) is 5.75 Å². The molecule has 0 heterocycles. The van der Waals surface area contributed by atoms with Crippen molar-refractivity contribution in [2.45, 2.75) is 12.5 Å². The van der Waals surface area contributed by atoms with Gasteiger partial charge in [-0.15, -0.1) is 0 Å². The molecule has 0 aromatic heterocycles. The Morgan fingerprint density at radius 1 is 0.950 bits per heavy atom. The minimum absolute atomic E-state index is 0.101.